The fourth-order valence-corrected chi connectivity index (χ4v) is 3.01. The van der Waals surface area contributed by atoms with Crippen LogP contribution < -0.4 is 11.1 Å². The van der Waals surface area contributed by atoms with Gasteiger partial charge in [0.05, 0.1) is 16.7 Å². The highest BCUT2D eigenvalue weighted by Gasteiger charge is 2.43. The number of nitrogens with two attached hydrogens (primary N) is 1. The third kappa shape index (κ3) is 3.49. The number of hydrogen-bond donors (Lipinski definition) is 3. The van der Waals surface area contributed by atoms with Crippen molar-refractivity contribution in [3.05, 3.63) is 29.1 Å². The van der Waals surface area contributed by atoms with Gasteiger partial charge < -0.3 is 16.2 Å². The number of rotatable bonds is 5. The monoisotopic (exact) mass is 322 g/mol. The van der Waals surface area contributed by atoms with E-state index < -0.39 is 29.0 Å². The molecule has 7 heteroatoms. The van der Waals surface area contributed by atoms with Crippen LogP contribution in [0.3, 0.4) is 0 Å². The normalized spacial score (nSPS) is 16.1. The van der Waals surface area contributed by atoms with Crippen molar-refractivity contribution in [2.45, 2.75) is 39.0 Å². The summed E-state index contributed by atoms with van der Waals surface area (Å²) in [7, 11) is 0. The van der Waals surface area contributed by atoms with Crippen LogP contribution in [0.2, 0.25) is 0 Å². The minimum Gasteiger partial charge on any atom is -0.481 e. The van der Waals surface area contributed by atoms with Gasteiger partial charge in [-0.3, -0.25) is 14.4 Å². The predicted molar refractivity (Wildman–Crippen MR) is 81.4 cm³/mol. The smallest absolute Gasteiger partial charge is 0.310 e. The number of carbonyl (C=O) groups excluding carboxylic acids is 2. The predicted octanol–water partition coefficient (Wildman–Crippen LogP) is 2.21. The number of aryl methyl sites for hydroxylation is 1. The van der Waals surface area contributed by atoms with Crippen LogP contribution in [0.1, 0.15) is 48.0 Å². The summed E-state index contributed by atoms with van der Waals surface area (Å²) in [6.07, 6.45) is 2.24. The number of carboxylic acids is 1. The topological polar surface area (TPSA) is 109 Å². The van der Waals surface area contributed by atoms with Crippen LogP contribution in [0, 0.1) is 18.2 Å². The number of carboxylic acid groups (broad SMARTS) is 1. The number of carbonyl (C=O) groups is 3. The van der Waals surface area contributed by atoms with E-state index in [2.05, 4.69) is 5.32 Å². The Labute approximate surface area is 132 Å². The van der Waals surface area contributed by atoms with Crippen molar-refractivity contribution in [2.24, 2.45) is 11.1 Å². The van der Waals surface area contributed by atoms with Crippen LogP contribution in [0.4, 0.5) is 10.1 Å². The molecule has 2 rings (SSSR count). The zero-order valence-corrected chi connectivity index (χ0v) is 12.8. The van der Waals surface area contributed by atoms with Crippen molar-refractivity contribution in [1.82, 2.24) is 0 Å². The van der Waals surface area contributed by atoms with Gasteiger partial charge >= 0.3 is 5.97 Å². The molecule has 0 unspecified atom stereocenters. The number of aliphatic carboxylic acids is 1. The maximum atomic E-state index is 13.6. The van der Waals surface area contributed by atoms with Crippen LogP contribution in [-0.4, -0.2) is 22.9 Å². The first-order chi connectivity index (χ1) is 10.7. The number of primary amides is 1. The molecule has 1 aliphatic carbocycles. The molecule has 0 heterocycles. The number of hydrogen-bond acceptors (Lipinski definition) is 3. The van der Waals surface area contributed by atoms with Crippen LogP contribution in [-0.2, 0) is 9.59 Å². The zero-order valence-electron chi connectivity index (χ0n) is 12.8. The van der Waals surface area contributed by atoms with Gasteiger partial charge in [-0.1, -0.05) is 12.8 Å². The van der Waals surface area contributed by atoms with Crippen LogP contribution in [0.15, 0.2) is 12.1 Å². The van der Waals surface area contributed by atoms with Crippen molar-refractivity contribution >= 4 is 23.5 Å². The average Bonchev–Trinajstić information content (AvgIpc) is 2.92. The Balaban J connectivity index is 2.22. The number of benzene rings is 1. The highest BCUT2D eigenvalue weighted by molar-refractivity contribution is 6.03. The molecular formula is C16H19FN2O4. The molecular weight excluding hydrogens is 303 g/mol. The molecule has 1 aromatic rings. The Bertz CT molecular complexity index is 666. The summed E-state index contributed by atoms with van der Waals surface area (Å²) in [6, 6.07) is 2.28. The maximum Gasteiger partial charge on any atom is 0.310 e. The SMILES string of the molecule is Cc1cc(NC(=O)CC2(C(=O)O)CCCC2)c(C(N)=O)cc1F. The summed E-state index contributed by atoms with van der Waals surface area (Å²) in [5, 5.41) is 11.9. The average molecular weight is 322 g/mol. The first kappa shape index (κ1) is 16.9. The van der Waals surface area contributed by atoms with Gasteiger partial charge in [0.1, 0.15) is 5.82 Å². The highest BCUT2D eigenvalue weighted by atomic mass is 19.1. The number of nitrogens with one attached hydrogen (secondary N) is 1. The quantitative estimate of drug-likeness (QED) is 0.772. The Hall–Kier alpha value is -2.44. The Morgan fingerprint density at radius 3 is 2.43 bits per heavy atom. The van der Waals surface area contributed by atoms with Gasteiger partial charge in [-0.2, -0.15) is 0 Å². The Morgan fingerprint density at radius 2 is 1.91 bits per heavy atom. The Kier molecular flexibility index (Phi) is 4.68. The minimum atomic E-state index is -1.06. The zero-order chi connectivity index (χ0) is 17.2. The summed E-state index contributed by atoms with van der Waals surface area (Å²) >= 11 is 0. The van der Waals surface area contributed by atoms with Crippen molar-refractivity contribution in [3.63, 3.8) is 0 Å². The van der Waals surface area contributed by atoms with Gasteiger partial charge in [-0.15, -0.1) is 0 Å². The molecule has 0 atom stereocenters. The van der Waals surface area contributed by atoms with Gasteiger partial charge in [0.2, 0.25) is 5.91 Å². The van der Waals surface area contributed by atoms with Gasteiger partial charge in [-0.25, -0.2) is 4.39 Å². The fraction of sp³-hybridized carbons (Fsp3) is 0.438. The van der Waals surface area contributed by atoms with Crippen molar-refractivity contribution < 1.29 is 23.9 Å². The third-order valence-corrected chi connectivity index (χ3v) is 4.35. The van der Waals surface area contributed by atoms with Crippen molar-refractivity contribution in [2.75, 3.05) is 5.32 Å². The van der Waals surface area contributed by atoms with E-state index >= 15 is 0 Å². The molecule has 0 aromatic heterocycles. The fourth-order valence-electron chi connectivity index (χ4n) is 3.01. The minimum absolute atomic E-state index is 0.0972. The Morgan fingerprint density at radius 1 is 1.30 bits per heavy atom. The maximum absolute atomic E-state index is 13.6. The van der Waals surface area contributed by atoms with Gasteiger partial charge in [0.25, 0.3) is 5.91 Å². The molecule has 6 nitrogen and oxygen atoms in total. The number of amides is 2. The summed E-state index contributed by atoms with van der Waals surface area (Å²) in [5.41, 5.74) is 4.34. The van der Waals surface area contributed by atoms with E-state index in [0.29, 0.717) is 12.8 Å². The lowest BCUT2D eigenvalue weighted by atomic mass is 9.82. The second-order valence-corrected chi connectivity index (χ2v) is 6.03. The van der Waals surface area contributed by atoms with Gasteiger partial charge in [0, 0.05) is 6.42 Å². The molecule has 4 N–H and O–H groups in total. The molecule has 0 aliphatic heterocycles. The molecule has 1 saturated carbocycles. The van der Waals surface area contributed by atoms with Crippen molar-refractivity contribution in [1.29, 1.82) is 0 Å². The molecule has 0 bridgehead atoms. The van der Waals surface area contributed by atoms with E-state index in [1.165, 1.54) is 13.0 Å². The summed E-state index contributed by atoms with van der Waals surface area (Å²) in [5.74, 6) is -2.99. The standard InChI is InChI=1S/C16H19FN2O4/c1-9-6-12(10(14(18)21)7-11(9)17)19-13(20)8-16(15(22)23)4-2-3-5-16/h6-7H,2-5,8H2,1H3,(H2,18,21)(H,19,20)(H,22,23). The second kappa shape index (κ2) is 6.36. The van der Waals surface area contributed by atoms with Crippen molar-refractivity contribution in [3.8, 4) is 0 Å². The number of halogens is 1. The van der Waals surface area contributed by atoms with E-state index in [-0.39, 0.29) is 23.2 Å². The highest BCUT2D eigenvalue weighted by Crippen LogP contribution is 2.41. The molecule has 1 fully saturated rings. The molecule has 1 aromatic carbocycles. The lowest BCUT2D eigenvalue weighted by Gasteiger charge is -2.23. The largest absolute Gasteiger partial charge is 0.481 e. The molecule has 0 spiro atoms. The number of anilines is 1. The van der Waals surface area contributed by atoms with Gasteiger partial charge in [-0.05, 0) is 37.5 Å². The van der Waals surface area contributed by atoms with Gasteiger partial charge in [0.15, 0.2) is 0 Å². The first-order valence-electron chi connectivity index (χ1n) is 7.38. The van der Waals surface area contributed by atoms with Crippen LogP contribution >= 0.6 is 0 Å². The molecule has 23 heavy (non-hydrogen) atoms. The molecule has 2 amide bonds. The molecule has 0 saturated heterocycles. The first-order valence-corrected chi connectivity index (χ1v) is 7.38. The van der Waals surface area contributed by atoms with Crippen LogP contribution in [0.5, 0.6) is 0 Å². The van der Waals surface area contributed by atoms with E-state index in [0.717, 1.165) is 18.9 Å². The van der Waals surface area contributed by atoms with E-state index in [9.17, 15) is 23.9 Å². The summed E-state index contributed by atoms with van der Waals surface area (Å²) in [6.45, 7) is 1.49. The molecule has 1 aliphatic rings. The lowest BCUT2D eigenvalue weighted by Crippen LogP contribution is -2.33. The van der Waals surface area contributed by atoms with Crippen LogP contribution in [0.25, 0.3) is 0 Å². The molecule has 124 valence electrons. The van der Waals surface area contributed by atoms with E-state index in [1.807, 2.05) is 0 Å². The van der Waals surface area contributed by atoms with E-state index in [4.69, 9.17) is 5.73 Å². The summed E-state index contributed by atoms with van der Waals surface area (Å²) in [4.78, 5) is 35.1. The third-order valence-electron chi connectivity index (χ3n) is 4.35. The second-order valence-electron chi connectivity index (χ2n) is 6.03. The summed E-state index contributed by atoms with van der Waals surface area (Å²) < 4.78 is 13.6. The molecule has 0 radical (unpaired) electrons. The lowest BCUT2D eigenvalue weighted by molar-refractivity contribution is -0.150. The van der Waals surface area contributed by atoms with E-state index in [1.54, 1.807) is 0 Å².